The van der Waals surface area contributed by atoms with Crippen LogP contribution in [0.5, 0.6) is 0 Å². The molecule has 0 radical (unpaired) electrons. The first kappa shape index (κ1) is 12.5. The summed E-state index contributed by atoms with van der Waals surface area (Å²) in [7, 11) is 0. The van der Waals surface area contributed by atoms with Crippen molar-refractivity contribution in [3.05, 3.63) is 30.1 Å². The van der Waals surface area contributed by atoms with Crippen molar-refractivity contribution >= 4 is 12.6 Å². The Labute approximate surface area is 98.1 Å². The Balaban J connectivity index is 2.47. The zero-order valence-corrected chi connectivity index (χ0v) is 10.5. The van der Waals surface area contributed by atoms with E-state index < -0.39 is 0 Å². The van der Waals surface area contributed by atoms with Gasteiger partial charge >= 0.3 is 0 Å². The van der Waals surface area contributed by atoms with Crippen molar-refractivity contribution in [3.63, 3.8) is 0 Å². The van der Waals surface area contributed by atoms with Gasteiger partial charge in [-0.1, -0.05) is 19.9 Å². The molecule has 0 N–H and O–H groups in total. The second-order valence-corrected chi connectivity index (χ2v) is 4.30. The van der Waals surface area contributed by atoms with Crippen LogP contribution >= 0.6 is 12.6 Å². The number of aromatic nitrogens is 1. The summed E-state index contributed by atoms with van der Waals surface area (Å²) in [5.74, 6) is 1.58. The van der Waals surface area contributed by atoms with Crippen LogP contribution in [0.4, 0.5) is 0 Å². The van der Waals surface area contributed by atoms with Crippen LogP contribution in [0.2, 0.25) is 0 Å². The Bertz CT molecular complexity index is 264. The van der Waals surface area contributed by atoms with Gasteiger partial charge in [-0.25, -0.2) is 0 Å². The van der Waals surface area contributed by atoms with Crippen LogP contribution in [0.1, 0.15) is 19.5 Å². The van der Waals surface area contributed by atoms with Gasteiger partial charge in [0.2, 0.25) is 0 Å². The largest absolute Gasteiger partial charge is 0.297 e. The van der Waals surface area contributed by atoms with Gasteiger partial charge in [0.25, 0.3) is 0 Å². The molecule has 0 fully saturated rings. The van der Waals surface area contributed by atoms with Crippen LogP contribution in [0.25, 0.3) is 0 Å². The average Bonchev–Trinajstić information content (AvgIpc) is 2.29. The van der Waals surface area contributed by atoms with E-state index in [0.717, 1.165) is 31.1 Å². The van der Waals surface area contributed by atoms with Gasteiger partial charge in [0.05, 0.1) is 5.69 Å². The van der Waals surface area contributed by atoms with Crippen LogP contribution in [0.15, 0.2) is 24.4 Å². The first-order valence-corrected chi connectivity index (χ1v) is 6.12. The average molecular weight is 224 g/mol. The molecule has 1 aromatic rings. The van der Waals surface area contributed by atoms with Crippen molar-refractivity contribution < 1.29 is 0 Å². The Hall–Kier alpha value is -0.540. The fraction of sp³-hybridized carbons (Fsp3) is 0.583. The normalized spacial score (nSPS) is 13.1. The lowest BCUT2D eigenvalue weighted by Gasteiger charge is -2.22. The van der Waals surface area contributed by atoms with Crippen molar-refractivity contribution in [3.8, 4) is 0 Å². The molecule has 1 atom stereocenters. The molecule has 0 aliphatic heterocycles. The summed E-state index contributed by atoms with van der Waals surface area (Å²) in [5, 5.41) is 0. The van der Waals surface area contributed by atoms with Crippen LogP contribution in [-0.4, -0.2) is 28.7 Å². The fourth-order valence-corrected chi connectivity index (χ4v) is 1.64. The number of hydrogen-bond acceptors (Lipinski definition) is 3. The quantitative estimate of drug-likeness (QED) is 0.747. The van der Waals surface area contributed by atoms with Crippen LogP contribution in [0.3, 0.4) is 0 Å². The highest BCUT2D eigenvalue weighted by atomic mass is 32.1. The fourth-order valence-electron chi connectivity index (χ4n) is 1.52. The van der Waals surface area contributed by atoms with E-state index in [4.69, 9.17) is 0 Å². The number of thiol groups is 1. The van der Waals surface area contributed by atoms with Crippen molar-refractivity contribution in [2.24, 2.45) is 5.92 Å². The highest BCUT2D eigenvalue weighted by Crippen LogP contribution is 2.06. The van der Waals surface area contributed by atoms with Gasteiger partial charge in [-0.05, 0) is 30.3 Å². The lowest BCUT2D eigenvalue weighted by molar-refractivity contribution is 0.247. The van der Waals surface area contributed by atoms with E-state index in [1.165, 1.54) is 0 Å². The summed E-state index contributed by atoms with van der Waals surface area (Å²) in [4.78, 5) is 6.74. The SMILES string of the molecule is CCN(Cc1ccccn1)CC(C)CS. The molecule has 84 valence electrons. The van der Waals surface area contributed by atoms with E-state index in [1.54, 1.807) is 0 Å². The number of pyridine rings is 1. The second kappa shape index (κ2) is 6.85. The Kier molecular flexibility index (Phi) is 5.73. The van der Waals surface area contributed by atoms with Crippen molar-refractivity contribution in [2.75, 3.05) is 18.8 Å². The van der Waals surface area contributed by atoms with Gasteiger partial charge in [0, 0.05) is 19.3 Å². The van der Waals surface area contributed by atoms with Gasteiger partial charge in [-0.2, -0.15) is 12.6 Å². The summed E-state index contributed by atoms with van der Waals surface area (Å²) < 4.78 is 0. The number of rotatable bonds is 6. The standard InChI is InChI=1S/C12H20N2S/c1-3-14(8-11(2)10-15)9-12-6-4-5-7-13-12/h4-7,11,15H,3,8-10H2,1-2H3. The molecule has 1 unspecified atom stereocenters. The van der Waals surface area contributed by atoms with Gasteiger partial charge in [-0.15, -0.1) is 0 Å². The predicted octanol–water partition coefficient (Wildman–Crippen LogP) is 2.47. The molecule has 2 nitrogen and oxygen atoms in total. The van der Waals surface area contributed by atoms with Crippen molar-refractivity contribution in [2.45, 2.75) is 20.4 Å². The molecule has 0 bridgehead atoms. The molecule has 0 spiro atoms. The third kappa shape index (κ3) is 4.67. The van der Waals surface area contributed by atoms with Gasteiger partial charge in [-0.3, -0.25) is 9.88 Å². The smallest absolute Gasteiger partial charge is 0.0543 e. The molecular weight excluding hydrogens is 204 g/mol. The zero-order valence-electron chi connectivity index (χ0n) is 9.56. The first-order valence-electron chi connectivity index (χ1n) is 5.49. The van der Waals surface area contributed by atoms with E-state index in [9.17, 15) is 0 Å². The van der Waals surface area contributed by atoms with E-state index in [0.29, 0.717) is 5.92 Å². The predicted molar refractivity (Wildman–Crippen MR) is 68.2 cm³/mol. The maximum absolute atomic E-state index is 4.34. The van der Waals surface area contributed by atoms with Crippen LogP contribution < -0.4 is 0 Å². The van der Waals surface area contributed by atoms with E-state index in [1.807, 2.05) is 18.3 Å². The van der Waals surface area contributed by atoms with E-state index in [2.05, 4.69) is 42.4 Å². The molecule has 15 heavy (non-hydrogen) atoms. The second-order valence-electron chi connectivity index (χ2n) is 3.94. The summed E-state index contributed by atoms with van der Waals surface area (Å²) in [6, 6.07) is 6.07. The number of nitrogens with zero attached hydrogens (tertiary/aromatic N) is 2. The Morgan fingerprint density at radius 3 is 2.80 bits per heavy atom. The molecule has 0 aliphatic carbocycles. The number of hydrogen-bond donors (Lipinski definition) is 1. The van der Waals surface area contributed by atoms with Gasteiger partial charge in [0.1, 0.15) is 0 Å². The molecule has 0 saturated heterocycles. The summed E-state index contributed by atoms with van der Waals surface area (Å²) >= 11 is 4.31. The third-order valence-corrected chi connectivity index (χ3v) is 3.06. The summed E-state index contributed by atoms with van der Waals surface area (Å²) in [5.41, 5.74) is 1.14. The maximum Gasteiger partial charge on any atom is 0.0543 e. The molecule has 1 aromatic heterocycles. The Morgan fingerprint density at radius 2 is 2.27 bits per heavy atom. The highest BCUT2D eigenvalue weighted by molar-refractivity contribution is 7.80. The molecule has 3 heteroatoms. The zero-order chi connectivity index (χ0) is 11.1. The van der Waals surface area contributed by atoms with E-state index >= 15 is 0 Å². The molecule has 0 aromatic carbocycles. The first-order chi connectivity index (χ1) is 7.26. The van der Waals surface area contributed by atoms with Crippen molar-refractivity contribution in [1.82, 2.24) is 9.88 Å². The Morgan fingerprint density at radius 1 is 1.47 bits per heavy atom. The molecule has 0 amide bonds. The third-order valence-electron chi connectivity index (χ3n) is 2.44. The minimum absolute atomic E-state index is 0.636. The lowest BCUT2D eigenvalue weighted by Crippen LogP contribution is -2.29. The molecule has 1 rings (SSSR count). The summed E-state index contributed by atoms with van der Waals surface area (Å²) in [6.07, 6.45) is 1.85. The molecule has 0 saturated carbocycles. The van der Waals surface area contributed by atoms with Crippen LogP contribution in [-0.2, 0) is 6.54 Å². The van der Waals surface area contributed by atoms with Crippen LogP contribution in [0, 0.1) is 5.92 Å². The molecule has 0 aliphatic rings. The minimum Gasteiger partial charge on any atom is -0.297 e. The monoisotopic (exact) mass is 224 g/mol. The molecular formula is C12H20N2S. The van der Waals surface area contributed by atoms with Gasteiger partial charge in [0.15, 0.2) is 0 Å². The topological polar surface area (TPSA) is 16.1 Å². The minimum atomic E-state index is 0.636. The lowest BCUT2D eigenvalue weighted by atomic mass is 10.2. The highest BCUT2D eigenvalue weighted by Gasteiger charge is 2.08. The van der Waals surface area contributed by atoms with Crippen molar-refractivity contribution in [1.29, 1.82) is 0 Å². The van der Waals surface area contributed by atoms with E-state index in [-0.39, 0.29) is 0 Å². The summed E-state index contributed by atoms with van der Waals surface area (Å²) in [6.45, 7) is 7.52. The van der Waals surface area contributed by atoms with Gasteiger partial charge < -0.3 is 0 Å². The molecule has 1 heterocycles. The maximum atomic E-state index is 4.34.